The zero-order valence-electron chi connectivity index (χ0n) is 16.2. The average molecular weight is 500 g/mol. The standard InChI is InChI=1S/C21H17Cl3N2O4S/c1-13-2-4-14(5-3-13)26-31(28,29)16-7-9-20(19(24)11-16)30-12-21(27)25-15-6-8-17(22)18(23)10-15/h2-11,26H,12H2,1H3,(H,25,27). The largest absolute Gasteiger partial charge is 0.482 e. The lowest BCUT2D eigenvalue weighted by atomic mass is 10.2. The van der Waals surface area contributed by atoms with Crippen LogP contribution in [0.15, 0.2) is 65.6 Å². The number of sulfonamides is 1. The Hall–Kier alpha value is -2.45. The van der Waals surface area contributed by atoms with Crippen LogP contribution in [-0.2, 0) is 14.8 Å². The minimum Gasteiger partial charge on any atom is -0.482 e. The second-order valence-corrected chi connectivity index (χ2v) is 9.43. The third-order valence-corrected chi connectivity index (χ3v) is 6.49. The number of nitrogens with one attached hydrogen (secondary N) is 2. The molecular formula is C21H17Cl3N2O4S. The first kappa shape index (κ1) is 23.2. The molecule has 31 heavy (non-hydrogen) atoms. The fraction of sp³-hybridized carbons (Fsp3) is 0.0952. The number of hydrogen-bond donors (Lipinski definition) is 2. The van der Waals surface area contributed by atoms with Crippen LogP contribution < -0.4 is 14.8 Å². The molecule has 6 nitrogen and oxygen atoms in total. The van der Waals surface area contributed by atoms with Crippen molar-refractivity contribution in [3.63, 3.8) is 0 Å². The Bertz CT molecular complexity index is 1220. The zero-order chi connectivity index (χ0) is 22.6. The van der Waals surface area contributed by atoms with Gasteiger partial charge < -0.3 is 10.1 Å². The molecule has 0 atom stereocenters. The van der Waals surface area contributed by atoms with Crippen molar-refractivity contribution in [1.82, 2.24) is 0 Å². The topological polar surface area (TPSA) is 84.5 Å². The molecule has 1 amide bonds. The maximum absolute atomic E-state index is 12.6. The Morgan fingerprint density at radius 2 is 1.55 bits per heavy atom. The third kappa shape index (κ3) is 6.27. The molecule has 0 aliphatic rings. The molecule has 2 N–H and O–H groups in total. The van der Waals surface area contributed by atoms with Gasteiger partial charge in [0.2, 0.25) is 0 Å². The molecule has 0 saturated carbocycles. The molecule has 3 rings (SSSR count). The van der Waals surface area contributed by atoms with Gasteiger partial charge in [-0.2, -0.15) is 0 Å². The van der Waals surface area contributed by atoms with Crippen LogP contribution in [0.2, 0.25) is 15.1 Å². The molecule has 0 spiro atoms. The number of halogens is 3. The predicted octanol–water partition coefficient (Wildman–Crippen LogP) is 5.77. The van der Waals surface area contributed by atoms with Gasteiger partial charge in [0, 0.05) is 11.4 Å². The van der Waals surface area contributed by atoms with Crippen LogP contribution >= 0.6 is 34.8 Å². The fourth-order valence-electron chi connectivity index (χ4n) is 2.52. The number of carbonyl (C=O) groups is 1. The van der Waals surface area contributed by atoms with Crippen molar-refractivity contribution in [2.75, 3.05) is 16.6 Å². The van der Waals surface area contributed by atoms with Crippen LogP contribution in [0, 0.1) is 6.92 Å². The molecule has 162 valence electrons. The highest BCUT2D eigenvalue weighted by molar-refractivity contribution is 7.92. The number of benzene rings is 3. The highest BCUT2D eigenvalue weighted by Gasteiger charge is 2.17. The van der Waals surface area contributed by atoms with Crippen molar-refractivity contribution in [3.05, 3.63) is 81.3 Å². The molecule has 0 bridgehead atoms. The van der Waals surface area contributed by atoms with Gasteiger partial charge in [-0.15, -0.1) is 0 Å². The van der Waals surface area contributed by atoms with E-state index >= 15 is 0 Å². The summed E-state index contributed by atoms with van der Waals surface area (Å²) in [6, 6.07) is 15.6. The van der Waals surface area contributed by atoms with Crippen molar-refractivity contribution < 1.29 is 17.9 Å². The van der Waals surface area contributed by atoms with E-state index in [-0.39, 0.29) is 22.3 Å². The van der Waals surface area contributed by atoms with Gasteiger partial charge in [-0.3, -0.25) is 9.52 Å². The Morgan fingerprint density at radius 1 is 0.871 bits per heavy atom. The third-order valence-electron chi connectivity index (χ3n) is 4.08. The van der Waals surface area contributed by atoms with E-state index in [2.05, 4.69) is 10.0 Å². The van der Waals surface area contributed by atoms with Gasteiger partial charge in [-0.1, -0.05) is 52.5 Å². The predicted molar refractivity (Wildman–Crippen MR) is 124 cm³/mol. The van der Waals surface area contributed by atoms with E-state index in [0.717, 1.165) is 5.56 Å². The van der Waals surface area contributed by atoms with Crippen LogP contribution in [0.3, 0.4) is 0 Å². The number of hydrogen-bond acceptors (Lipinski definition) is 4. The Kier molecular flexibility index (Phi) is 7.33. The minimum absolute atomic E-state index is 0.0364. The number of anilines is 2. The SMILES string of the molecule is Cc1ccc(NS(=O)(=O)c2ccc(OCC(=O)Nc3ccc(Cl)c(Cl)c3)c(Cl)c2)cc1. The number of amides is 1. The molecule has 0 unspecified atom stereocenters. The maximum atomic E-state index is 12.6. The summed E-state index contributed by atoms with van der Waals surface area (Å²) in [6.45, 7) is 1.56. The molecule has 3 aromatic carbocycles. The summed E-state index contributed by atoms with van der Waals surface area (Å²) in [5.74, 6) is -0.285. The summed E-state index contributed by atoms with van der Waals surface area (Å²) < 4.78 is 33.0. The smallest absolute Gasteiger partial charge is 0.262 e. The van der Waals surface area contributed by atoms with Crippen LogP contribution in [0.25, 0.3) is 0 Å². The van der Waals surface area contributed by atoms with E-state index < -0.39 is 15.9 Å². The lowest BCUT2D eigenvalue weighted by molar-refractivity contribution is -0.118. The minimum atomic E-state index is -3.84. The molecule has 0 aromatic heterocycles. The first-order chi connectivity index (χ1) is 14.6. The van der Waals surface area contributed by atoms with Crippen LogP contribution in [0.4, 0.5) is 11.4 Å². The second kappa shape index (κ2) is 9.78. The molecule has 0 heterocycles. The Morgan fingerprint density at radius 3 is 2.19 bits per heavy atom. The summed E-state index contributed by atoms with van der Waals surface area (Å²) in [4.78, 5) is 12.0. The zero-order valence-corrected chi connectivity index (χ0v) is 19.2. The van der Waals surface area contributed by atoms with E-state index in [9.17, 15) is 13.2 Å². The van der Waals surface area contributed by atoms with Crippen LogP contribution in [0.1, 0.15) is 5.56 Å². The number of carbonyl (C=O) groups excluding carboxylic acids is 1. The highest BCUT2D eigenvalue weighted by atomic mass is 35.5. The van der Waals surface area contributed by atoms with Gasteiger partial charge in [0.05, 0.1) is 20.0 Å². The molecule has 3 aromatic rings. The van der Waals surface area contributed by atoms with E-state index in [1.165, 1.54) is 24.3 Å². The molecule has 0 saturated heterocycles. The first-order valence-electron chi connectivity index (χ1n) is 8.91. The Balaban J connectivity index is 1.64. The molecular weight excluding hydrogens is 483 g/mol. The van der Waals surface area contributed by atoms with Gasteiger partial charge in [0.15, 0.2) is 6.61 Å². The monoisotopic (exact) mass is 498 g/mol. The lowest BCUT2D eigenvalue weighted by Gasteiger charge is -2.12. The lowest BCUT2D eigenvalue weighted by Crippen LogP contribution is -2.20. The van der Waals surface area contributed by atoms with Gasteiger partial charge in [0.25, 0.3) is 15.9 Å². The summed E-state index contributed by atoms with van der Waals surface area (Å²) in [6.07, 6.45) is 0. The highest BCUT2D eigenvalue weighted by Crippen LogP contribution is 2.29. The summed E-state index contributed by atoms with van der Waals surface area (Å²) in [7, 11) is -3.84. The number of rotatable bonds is 7. The quantitative estimate of drug-likeness (QED) is 0.432. The van der Waals surface area contributed by atoms with E-state index in [1.54, 1.807) is 36.4 Å². The summed E-state index contributed by atoms with van der Waals surface area (Å²) in [5, 5.41) is 3.34. The van der Waals surface area contributed by atoms with Crippen molar-refractivity contribution in [2.24, 2.45) is 0 Å². The normalized spacial score (nSPS) is 11.1. The van der Waals surface area contributed by atoms with Crippen molar-refractivity contribution in [2.45, 2.75) is 11.8 Å². The van der Waals surface area contributed by atoms with Gasteiger partial charge in [-0.25, -0.2) is 8.42 Å². The van der Waals surface area contributed by atoms with Gasteiger partial charge in [0.1, 0.15) is 5.75 Å². The Labute approximate surface area is 195 Å². The second-order valence-electron chi connectivity index (χ2n) is 6.53. The molecule has 0 fully saturated rings. The van der Waals surface area contributed by atoms with E-state index in [4.69, 9.17) is 39.5 Å². The number of aryl methyl sites for hydroxylation is 1. The summed E-state index contributed by atoms with van der Waals surface area (Å²) in [5.41, 5.74) is 1.90. The molecule has 0 aliphatic carbocycles. The maximum Gasteiger partial charge on any atom is 0.262 e. The fourth-order valence-corrected chi connectivity index (χ4v) is 4.20. The summed E-state index contributed by atoms with van der Waals surface area (Å²) >= 11 is 17.9. The average Bonchev–Trinajstić information content (AvgIpc) is 2.71. The molecule has 10 heteroatoms. The number of ether oxygens (including phenoxy) is 1. The first-order valence-corrected chi connectivity index (χ1v) is 11.5. The van der Waals surface area contributed by atoms with E-state index in [0.29, 0.717) is 21.4 Å². The van der Waals surface area contributed by atoms with Crippen molar-refractivity contribution >= 4 is 62.1 Å². The van der Waals surface area contributed by atoms with Gasteiger partial charge >= 0.3 is 0 Å². The van der Waals surface area contributed by atoms with Crippen LogP contribution in [-0.4, -0.2) is 20.9 Å². The molecule has 0 radical (unpaired) electrons. The van der Waals surface area contributed by atoms with Crippen LogP contribution in [0.5, 0.6) is 5.75 Å². The van der Waals surface area contributed by atoms with Gasteiger partial charge in [-0.05, 0) is 55.5 Å². The van der Waals surface area contributed by atoms with Crippen molar-refractivity contribution in [1.29, 1.82) is 0 Å². The van der Waals surface area contributed by atoms with E-state index in [1.807, 2.05) is 6.92 Å². The van der Waals surface area contributed by atoms with Crippen molar-refractivity contribution in [3.8, 4) is 5.75 Å². The molecule has 0 aliphatic heterocycles.